The van der Waals surface area contributed by atoms with Crippen LogP contribution in [0, 0.1) is 0 Å². The van der Waals surface area contributed by atoms with Gasteiger partial charge < -0.3 is 10.1 Å². The lowest BCUT2D eigenvalue weighted by Gasteiger charge is -2.16. The van der Waals surface area contributed by atoms with Crippen molar-refractivity contribution in [1.82, 2.24) is 5.32 Å². The molecule has 0 aromatic heterocycles. The van der Waals surface area contributed by atoms with Crippen LogP contribution in [-0.2, 0) is 6.42 Å². The average molecular weight is 255 g/mol. The monoisotopic (exact) mass is 255 g/mol. The molecule has 1 atom stereocenters. The van der Waals surface area contributed by atoms with Gasteiger partial charge in [-0.25, -0.2) is 0 Å². The largest absolute Gasteiger partial charge is 0.496 e. The molecule has 0 heterocycles. The van der Waals surface area contributed by atoms with E-state index in [4.69, 9.17) is 4.74 Å². The molecule has 2 aromatic rings. The van der Waals surface area contributed by atoms with E-state index in [1.807, 2.05) is 0 Å². The fourth-order valence-corrected chi connectivity index (χ4v) is 3.16. The highest BCUT2D eigenvalue weighted by Gasteiger charge is 2.25. The molecule has 1 aliphatic rings. The number of nitrogens with one attached hydrogen (secondary N) is 1. The van der Waals surface area contributed by atoms with Gasteiger partial charge in [0.05, 0.1) is 7.11 Å². The van der Waals surface area contributed by atoms with Crippen LogP contribution in [0.15, 0.2) is 30.3 Å². The predicted octanol–water partition coefficient (Wildman–Crippen LogP) is 3.84. The summed E-state index contributed by atoms with van der Waals surface area (Å²) in [6.07, 6.45) is 3.55. The van der Waals surface area contributed by atoms with E-state index < -0.39 is 0 Å². The Balaban J connectivity index is 2.11. The predicted molar refractivity (Wildman–Crippen MR) is 79.9 cm³/mol. The maximum absolute atomic E-state index is 5.58. The summed E-state index contributed by atoms with van der Waals surface area (Å²) in [6.45, 7) is 3.29. The van der Waals surface area contributed by atoms with Crippen LogP contribution in [0.1, 0.15) is 36.9 Å². The van der Waals surface area contributed by atoms with E-state index in [2.05, 4.69) is 42.6 Å². The third-order valence-electron chi connectivity index (χ3n) is 4.07. The zero-order chi connectivity index (χ0) is 13.2. The number of hydrogen-bond acceptors (Lipinski definition) is 2. The summed E-state index contributed by atoms with van der Waals surface area (Å²) in [5.74, 6) is 1.000. The van der Waals surface area contributed by atoms with E-state index >= 15 is 0 Å². The Morgan fingerprint density at radius 1 is 1.26 bits per heavy atom. The van der Waals surface area contributed by atoms with Crippen LogP contribution in [0.4, 0.5) is 0 Å². The fraction of sp³-hybridized carbons (Fsp3) is 0.412. The van der Waals surface area contributed by atoms with Crippen LogP contribution in [0.5, 0.6) is 5.75 Å². The van der Waals surface area contributed by atoms with Crippen molar-refractivity contribution in [3.8, 4) is 5.75 Å². The number of ether oxygens (including phenoxy) is 1. The normalized spacial score (nSPS) is 17.7. The average Bonchev–Trinajstić information content (AvgIpc) is 2.87. The Morgan fingerprint density at radius 2 is 2.05 bits per heavy atom. The van der Waals surface area contributed by atoms with Gasteiger partial charge in [-0.1, -0.05) is 31.2 Å². The summed E-state index contributed by atoms with van der Waals surface area (Å²) < 4.78 is 5.58. The van der Waals surface area contributed by atoms with E-state index in [1.54, 1.807) is 7.11 Å². The van der Waals surface area contributed by atoms with E-state index in [0.29, 0.717) is 6.04 Å². The van der Waals surface area contributed by atoms with Crippen LogP contribution >= 0.6 is 0 Å². The Morgan fingerprint density at radius 3 is 2.79 bits per heavy atom. The van der Waals surface area contributed by atoms with E-state index in [-0.39, 0.29) is 0 Å². The molecule has 1 unspecified atom stereocenters. The lowest BCUT2D eigenvalue weighted by Crippen LogP contribution is -2.19. The van der Waals surface area contributed by atoms with Crippen LogP contribution in [-0.4, -0.2) is 13.7 Å². The fourth-order valence-electron chi connectivity index (χ4n) is 3.16. The standard InChI is InChI=1S/C17H21NO/c1-3-10-18-16-9-8-13-12-6-4-5-7-14(12)17(19-2)11-15(13)16/h4-7,11,16,18H,3,8-10H2,1-2H3. The lowest BCUT2D eigenvalue weighted by molar-refractivity contribution is 0.418. The van der Waals surface area contributed by atoms with Crippen molar-refractivity contribution in [1.29, 1.82) is 0 Å². The molecule has 0 bridgehead atoms. The van der Waals surface area contributed by atoms with Gasteiger partial charge in [0, 0.05) is 11.4 Å². The van der Waals surface area contributed by atoms with Crippen molar-refractivity contribution in [2.75, 3.05) is 13.7 Å². The van der Waals surface area contributed by atoms with Gasteiger partial charge in [-0.2, -0.15) is 0 Å². The molecule has 100 valence electrons. The van der Waals surface area contributed by atoms with Crippen molar-refractivity contribution in [3.05, 3.63) is 41.5 Å². The smallest absolute Gasteiger partial charge is 0.127 e. The molecule has 0 spiro atoms. The van der Waals surface area contributed by atoms with Crippen LogP contribution in [0.25, 0.3) is 10.8 Å². The molecule has 2 heteroatoms. The van der Waals surface area contributed by atoms with Crippen molar-refractivity contribution < 1.29 is 4.74 Å². The zero-order valence-electron chi connectivity index (χ0n) is 11.7. The second kappa shape index (κ2) is 5.22. The second-order valence-corrected chi connectivity index (χ2v) is 5.24. The first-order valence-corrected chi connectivity index (χ1v) is 7.17. The number of fused-ring (bicyclic) bond motifs is 3. The summed E-state index contributed by atoms with van der Waals surface area (Å²) in [5, 5.41) is 6.24. The van der Waals surface area contributed by atoms with E-state index in [1.165, 1.54) is 41.2 Å². The van der Waals surface area contributed by atoms with Gasteiger partial charge >= 0.3 is 0 Å². The minimum atomic E-state index is 0.494. The first kappa shape index (κ1) is 12.5. The maximum atomic E-state index is 5.58. The van der Waals surface area contributed by atoms with Gasteiger partial charge in [-0.15, -0.1) is 0 Å². The van der Waals surface area contributed by atoms with Crippen molar-refractivity contribution >= 4 is 10.8 Å². The molecule has 0 fully saturated rings. The van der Waals surface area contributed by atoms with Gasteiger partial charge in [-0.3, -0.25) is 0 Å². The molecular weight excluding hydrogens is 234 g/mol. The van der Waals surface area contributed by atoms with Crippen LogP contribution in [0.3, 0.4) is 0 Å². The summed E-state index contributed by atoms with van der Waals surface area (Å²) in [5.41, 5.74) is 2.94. The zero-order valence-corrected chi connectivity index (χ0v) is 11.7. The third-order valence-corrected chi connectivity index (χ3v) is 4.07. The first-order chi connectivity index (χ1) is 9.35. The van der Waals surface area contributed by atoms with Crippen molar-refractivity contribution in [2.24, 2.45) is 0 Å². The molecular formula is C17H21NO. The number of methoxy groups -OCH3 is 1. The van der Waals surface area contributed by atoms with Gasteiger partial charge in [0.2, 0.25) is 0 Å². The molecule has 0 saturated carbocycles. The van der Waals surface area contributed by atoms with Gasteiger partial charge in [0.25, 0.3) is 0 Å². The van der Waals surface area contributed by atoms with Gasteiger partial charge in [0.15, 0.2) is 0 Å². The number of rotatable bonds is 4. The highest BCUT2D eigenvalue weighted by molar-refractivity contribution is 5.92. The summed E-state index contributed by atoms with van der Waals surface area (Å²) in [6, 6.07) is 11.3. The molecule has 2 aromatic carbocycles. The van der Waals surface area contributed by atoms with Crippen molar-refractivity contribution in [3.63, 3.8) is 0 Å². The lowest BCUT2D eigenvalue weighted by atomic mass is 9.99. The van der Waals surface area contributed by atoms with Gasteiger partial charge in [0.1, 0.15) is 5.75 Å². The molecule has 19 heavy (non-hydrogen) atoms. The molecule has 1 aliphatic carbocycles. The molecule has 0 saturated heterocycles. The minimum Gasteiger partial charge on any atom is -0.496 e. The third kappa shape index (κ3) is 2.10. The Bertz CT molecular complexity index is 591. The molecule has 0 aliphatic heterocycles. The van der Waals surface area contributed by atoms with Crippen molar-refractivity contribution in [2.45, 2.75) is 32.2 Å². The summed E-state index contributed by atoms with van der Waals surface area (Å²) in [7, 11) is 1.76. The second-order valence-electron chi connectivity index (χ2n) is 5.24. The number of benzene rings is 2. The summed E-state index contributed by atoms with van der Waals surface area (Å²) >= 11 is 0. The van der Waals surface area contributed by atoms with Crippen LogP contribution in [0.2, 0.25) is 0 Å². The van der Waals surface area contributed by atoms with Crippen LogP contribution < -0.4 is 10.1 Å². The number of aryl methyl sites for hydroxylation is 1. The molecule has 3 rings (SSSR count). The van der Waals surface area contributed by atoms with E-state index in [0.717, 1.165) is 12.3 Å². The quantitative estimate of drug-likeness (QED) is 0.896. The molecule has 2 nitrogen and oxygen atoms in total. The Labute approximate surface area is 114 Å². The van der Waals surface area contributed by atoms with Gasteiger partial charge in [-0.05, 0) is 48.4 Å². The molecule has 1 N–H and O–H groups in total. The Hall–Kier alpha value is -1.54. The molecule has 0 amide bonds. The van der Waals surface area contributed by atoms with E-state index in [9.17, 15) is 0 Å². The minimum absolute atomic E-state index is 0.494. The first-order valence-electron chi connectivity index (χ1n) is 7.17. The highest BCUT2D eigenvalue weighted by Crippen LogP contribution is 2.40. The number of hydrogen-bond donors (Lipinski definition) is 1. The summed E-state index contributed by atoms with van der Waals surface area (Å²) in [4.78, 5) is 0. The SMILES string of the molecule is CCCNC1CCc2c1cc(OC)c1ccccc21. The topological polar surface area (TPSA) is 21.3 Å². The maximum Gasteiger partial charge on any atom is 0.127 e. The Kier molecular flexibility index (Phi) is 3.43. The molecule has 0 radical (unpaired) electrons. The highest BCUT2D eigenvalue weighted by atomic mass is 16.5.